The summed E-state index contributed by atoms with van der Waals surface area (Å²) in [6.45, 7) is 1.94. The van der Waals surface area contributed by atoms with Gasteiger partial charge in [0.1, 0.15) is 0 Å². The first kappa shape index (κ1) is 16.6. The second kappa shape index (κ2) is 6.46. The number of rotatable bonds is 3. The second-order valence-electron chi connectivity index (χ2n) is 7.09. The Balaban J connectivity index is 1.39. The van der Waals surface area contributed by atoms with Gasteiger partial charge in [0.25, 0.3) is 0 Å². The van der Waals surface area contributed by atoms with Crippen LogP contribution in [0.2, 0.25) is 5.02 Å². The topological polar surface area (TPSA) is 58.4 Å². The van der Waals surface area contributed by atoms with Crippen LogP contribution in [0, 0.1) is 0 Å². The second-order valence-corrected chi connectivity index (χ2v) is 7.52. The van der Waals surface area contributed by atoms with Crippen molar-refractivity contribution in [1.82, 2.24) is 14.7 Å². The van der Waals surface area contributed by atoms with Gasteiger partial charge in [-0.3, -0.25) is 9.48 Å². The number of likely N-dealkylation sites (tertiary alicyclic amines) is 1. The minimum absolute atomic E-state index is 0.141. The summed E-state index contributed by atoms with van der Waals surface area (Å²) in [5.74, 6) is 0.141. The van der Waals surface area contributed by atoms with Crippen molar-refractivity contribution in [3.63, 3.8) is 0 Å². The molecule has 1 aliphatic carbocycles. The lowest BCUT2D eigenvalue weighted by Crippen LogP contribution is -2.49. The number of nitrogens with zero attached hydrogens (tertiary/aromatic N) is 3. The van der Waals surface area contributed by atoms with Gasteiger partial charge in [-0.25, -0.2) is 0 Å². The van der Waals surface area contributed by atoms with E-state index in [0.29, 0.717) is 31.1 Å². The molecular formula is C19H22ClN3O2. The largest absolute Gasteiger partial charge is 0.392 e. The number of fused-ring (bicyclic) bond motifs is 2. The molecule has 132 valence electrons. The molecule has 6 heteroatoms. The fourth-order valence-corrected chi connectivity index (χ4v) is 4.51. The van der Waals surface area contributed by atoms with Crippen LogP contribution < -0.4 is 0 Å². The van der Waals surface area contributed by atoms with Gasteiger partial charge in [-0.1, -0.05) is 35.9 Å². The Bertz CT molecular complexity index is 780. The number of piperidine rings is 1. The first-order valence-corrected chi connectivity index (χ1v) is 9.18. The van der Waals surface area contributed by atoms with Crippen molar-refractivity contribution in [3.05, 3.63) is 52.8 Å². The van der Waals surface area contributed by atoms with Gasteiger partial charge >= 0.3 is 0 Å². The fraction of sp³-hybridized carbons (Fsp3) is 0.474. The molecule has 2 aromatic rings. The van der Waals surface area contributed by atoms with E-state index in [0.717, 1.165) is 19.3 Å². The maximum atomic E-state index is 12.5. The Morgan fingerprint density at radius 3 is 2.80 bits per heavy atom. The predicted octanol–water partition coefficient (Wildman–Crippen LogP) is 2.40. The van der Waals surface area contributed by atoms with Crippen molar-refractivity contribution in [2.24, 2.45) is 0 Å². The van der Waals surface area contributed by atoms with E-state index in [2.05, 4.69) is 17.2 Å². The van der Waals surface area contributed by atoms with E-state index >= 15 is 0 Å². The van der Waals surface area contributed by atoms with Crippen LogP contribution in [-0.4, -0.2) is 44.9 Å². The van der Waals surface area contributed by atoms with E-state index < -0.39 is 0 Å². The molecule has 0 radical (unpaired) electrons. The van der Waals surface area contributed by atoms with E-state index in [1.165, 1.54) is 11.1 Å². The standard InChI is InChI=1S/C19H22ClN3O2/c20-15-12-21-23(13-15)8-5-18(25)22-9-6-19(7-10-22)16-4-2-1-3-14(16)11-17(19)24/h1-4,12-13,17,24H,5-11H2. The highest BCUT2D eigenvalue weighted by Gasteiger charge is 2.47. The van der Waals surface area contributed by atoms with Crippen LogP contribution in [0.5, 0.6) is 0 Å². The number of amides is 1. The Labute approximate surface area is 152 Å². The first-order valence-electron chi connectivity index (χ1n) is 8.81. The van der Waals surface area contributed by atoms with Crippen LogP contribution in [0.3, 0.4) is 0 Å². The zero-order valence-corrected chi connectivity index (χ0v) is 14.8. The smallest absolute Gasteiger partial charge is 0.224 e. The van der Waals surface area contributed by atoms with Gasteiger partial charge < -0.3 is 10.0 Å². The monoisotopic (exact) mass is 359 g/mol. The van der Waals surface area contributed by atoms with Crippen molar-refractivity contribution >= 4 is 17.5 Å². The molecule has 1 fully saturated rings. The van der Waals surface area contributed by atoms with Crippen molar-refractivity contribution in [3.8, 4) is 0 Å². The van der Waals surface area contributed by atoms with Crippen LogP contribution in [0.1, 0.15) is 30.4 Å². The Kier molecular flexibility index (Phi) is 4.29. The summed E-state index contributed by atoms with van der Waals surface area (Å²) >= 11 is 5.85. The molecule has 1 aliphatic heterocycles. The number of aliphatic hydroxyl groups excluding tert-OH is 1. The number of carbonyl (C=O) groups excluding carboxylic acids is 1. The molecule has 0 saturated carbocycles. The molecule has 1 amide bonds. The van der Waals surface area contributed by atoms with Crippen LogP contribution in [0.15, 0.2) is 36.7 Å². The predicted molar refractivity (Wildman–Crippen MR) is 95.5 cm³/mol. The van der Waals surface area contributed by atoms with E-state index in [-0.39, 0.29) is 17.4 Å². The number of aliphatic hydroxyl groups is 1. The van der Waals surface area contributed by atoms with Gasteiger partial charge in [0.2, 0.25) is 5.91 Å². The average Bonchev–Trinajstić information content (AvgIpc) is 3.16. The van der Waals surface area contributed by atoms with Crippen molar-refractivity contribution in [1.29, 1.82) is 0 Å². The molecule has 1 aromatic heterocycles. The summed E-state index contributed by atoms with van der Waals surface area (Å²) in [6, 6.07) is 8.33. The summed E-state index contributed by atoms with van der Waals surface area (Å²) in [7, 11) is 0. The molecule has 1 unspecified atom stereocenters. The highest BCUT2D eigenvalue weighted by molar-refractivity contribution is 6.30. The summed E-state index contributed by atoms with van der Waals surface area (Å²) in [6.07, 6.45) is 5.76. The van der Waals surface area contributed by atoms with E-state index in [9.17, 15) is 9.90 Å². The molecule has 4 rings (SSSR count). The quantitative estimate of drug-likeness (QED) is 0.915. The number of halogens is 1. The summed E-state index contributed by atoms with van der Waals surface area (Å²) in [5, 5.41) is 15.4. The Morgan fingerprint density at radius 1 is 1.32 bits per heavy atom. The SMILES string of the molecule is O=C(CCn1cc(Cl)cn1)N1CCC2(CC1)c1ccccc1CC2O. The van der Waals surface area contributed by atoms with E-state index in [4.69, 9.17) is 11.6 Å². The lowest BCUT2D eigenvalue weighted by Gasteiger charge is -2.42. The molecule has 1 aromatic carbocycles. The summed E-state index contributed by atoms with van der Waals surface area (Å²) in [4.78, 5) is 14.4. The molecule has 2 heterocycles. The molecule has 1 N–H and O–H groups in total. The highest BCUT2D eigenvalue weighted by Crippen LogP contribution is 2.46. The molecule has 2 aliphatic rings. The van der Waals surface area contributed by atoms with Gasteiger partial charge in [0.05, 0.1) is 17.3 Å². The third-order valence-corrected chi connectivity index (χ3v) is 5.96. The van der Waals surface area contributed by atoms with Gasteiger partial charge in [0.15, 0.2) is 0 Å². The van der Waals surface area contributed by atoms with Crippen molar-refractivity contribution in [2.45, 2.75) is 43.7 Å². The number of aromatic nitrogens is 2. The maximum absolute atomic E-state index is 12.5. The zero-order chi connectivity index (χ0) is 17.4. The third-order valence-electron chi connectivity index (χ3n) is 5.77. The van der Waals surface area contributed by atoms with Gasteiger partial charge in [-0.05, 0) is 30.4 Å². The van der Waals surface area contributed by atoms with Gasteiger partial charge in [0, 0.05) is 37.7 Å². The van der Waals surface area contributed by atoms with Crippen molar-refractivity contribution < 1.29 is 9.90 Å². The third kappa shape index (κ3) is 2.96. The molecule has 5 nitrogen and oxygen atoms in total. The van der Waals surface area contributed by atoms with Gasteiger partial charge in [-0.2, -0.15) is 5.10 Å². The number of hydrogen-bond acceptors (Lipinski definition) is 3. The van der Waals surface area contributed by atoms with Crippen LogP contribution in [0.4, 0.5) is 0 Å². The Hall–Kier alpha value is -1.85. The number of aryl methyl sites for hydroxylation is 1. The average molecular weight is 360 g/mol. The lowest BCUT2D eigenvalue weighted by molar-refractivity contribution is -0.133. The van der Waals surface area contributed by atoms with Crippen LogP contribution >= 0.6 is 11.6 Å². The van der Waals surface area contributed by atoms with Gasteiger partial charge in [-0.15, -0.1) is 0 Å². The van der Waals surface area contributed by atoms with Crippen LogP contribution in [-0.2, 0) is 23.2 Å². The summed E-state index contributed by atoms with van der Waals surface area (Å²) < 4.78 is 1.70. The molecule has 25 heavy (non-hydrogen) atoms. The van der Waals surface area contributed by atoms with E-state index in [1.807, 2.05) is 17.0 Å². The minimum atomic E-state index is -0.339. The Morgan fingerprint density at radius 2 is 2.08 bits per heavy atom. The lowest BCUT2D eigenvalue weighted by atomic mass is 9.72. The number of benzene rings is 1. The normalized spacial score (nSPS) is 21.5. The molecule has 1 saturated heterocycles. The van der Waals surface area contributed by atoms with Crippen molar-refractivity contribution in [2.75, 3.05) is 13.1 Å². The number of hydrogen-bond donors (Lipinski definition) is 1. The minimum Gasteiger partial charge on any atom is -0.392 e. The maximum Gasteiger partial charge on any atom is 0.224 e. The first-order chi connectivity index (χ1) is 12.1. The molecule has 1 atom stereocenters. The summed E-state index contributed by atoms with van der Waals surface area (Å²) in [5.41, 5.74) is 2.36. The number of carbonyl (C=O) groups is 1. The fourth-order valence-electron chi connectivity index (χ4n) is 4.35. The molecule has 1 spiro atoms. The molecular weight excluding hydrogens is 338 g/mol. The van der Waals surface area contributed by atoms with E-state index in [1.54, 1.807) is 17.1 Å². The van der Waals surface area contributed by atoms with Crippen LogP contribution in [0.25, 0.3) is 0 Å². The molecule has 0 bridgehead atoms. The highest BCUT2D eigenvalue weighted by atomic mass is 35.5. The zero-order valence-electron chi connectivity index (χ0n) is 14.1.